The zero-order valence-electron chi connectivity index (χ0n) is 22.3. The van der Waals surface area contributed by atoms with E-state index in [1.54, 1.807) is 15.5 Å². The Bertz CT molecular complexity index is 1570. The van der Waals surface area contributed by atoms with Crippen molar-refractivity contribution in [1.82, 2.24) is 19.7 Å². The minimum absolute atomic E-state index is 0.0975. The monoisotopic (exact) mass is 548 g/mol. The van der Waals surface area contributed by atoms with Crippen molar-refractivity contribution in [3.05, 3.63) is 75.7 Å². The molecule has 204 valence electrons. The second kappa shape index (κ2) is 10.6. The highest BCUT2D eigenvalue weighted by molar-refractivity contribution is 6.30. The summed E-state index contributed by atoms with van der Waals surface area (Å²) >= 11 is 6.14. The molecule has 0 bridgehead atoms. The molecule has 0 radical (unpaired) electrons. The fourth-order valence-corrected chi connectivity index (χ4v) is 5.11. The minimum Gasteiger partial charge on any atom is -0.444 e. The van der Waals surface area contributed by atoms with Crippen molar-refractivity contribution in [3.8, 4) is 11.1 Å². The van der Waals surface area contributed by atoms with Gasteiger partial charge in [-0.25, -0.2) is 4.79 Å². The van der Waals surface area contributed by atoms with Crippen molar-refractivity contribution in [3.63, 3.8) is 0 Å². The van der Waals surface area contributed by atoms with Crippen molar-refractivity contribution in [1.29, 1.82) is 0 Å². The lowest BCUT2D eigenvalue weighted by Crippen LogP contribution is -2.35. The quantitative estimate of drug-likeness (QED) is 0.299. The number of likely N-dealkylation sites (tertiary alicyclic amines) is 1. The van der Waals surface area contributed by atoms with E-state index in [0.717, 1.165) is 39.7 Å². The molecule has 1 fully saturated rings. The number of benzene rings is 2. The first kappa shape index (κ1) is 26.6. The van der Waals surface area contributed by atoms with E-state index in [4.69, 9.17) is 22.1 Å². The lowest BCUT2D eigenvalue weighted by atomic mass is 10.0. The van der Waals surface area contributed by atoms with E-state index in [-0.39, 0.29) is 17.6 Å². The number of hydrogen-bond acceptors (Lipinski definition) is 6. The predicted molar refractivity (Wildman–Crippen MR) is 155 cm³/mol. The van der Waals surface area contributed by atoms with Gasteiger partial charge in [0.15, 0.2) is 5.82 Å². The standard InChI is InChI=1S/C29H33ClN6O3/c1-29(2,3)39-28(38)35-10-9-19(16-35)14-32-23-12-21(13-24-26(23)27(31)34-33-24)20-7-8-25(37)36(17-20)15-18-5-4-6-22(30)11-18/h4-8,11-13,17,19,32H,9-10,14-16H2,1-3H3,(H3,31,33,34). The van der Waals surface area contributed by atoms with E-state index in [1.807, 2.05) is 69.4 Å². The van der Waals surface area contributed by atoms with Gasteiger partial charge in [-0.2, -0.15) is 5.10 Å². The number of carbonyl (C=O) groups is 1. The van der Waals surface area contributed by atoms with Crippen LogP contribution in [-0.2, 0) is 11.3 Å². The highest BCUT2D eigenvalue weighted by Gasteiger charge is 2.29. The average Bonchev–Trinajstić information content (AvgIpc) is 3.50. The molecule has 1 aliphatic heterocycles. The van der Waals surface area contributed by atoms with Crippen LogP contribution >= 0.6 is 11.6 Å². The van der Waals surface area contributed by atoms with Gasteiger partial charge in [-0.1, -0.05) is 23.7 Å². The lowest BCUT2D eigenvalue weighted by Gasteiger charge is -2.24. The van der Waals surface area contributed by atoms with Crippen LogP contribution in [0.2, 0.25) is 5.02 Å². The van der Waals surface area contributed by atoms with Crippen LogP contribution in [0.4, 0.5) is 16.3 Å². The number of fused-ring (bicyclic) bond motifs is 1. The number of ether oxygens (including phenoxy) is 1. The van der Waals surface area contributed by atoms with E-state index in [2.05, 4.69) is 15.5 Å². The molecule has 0 saturated carbocycles. The Morgan fingerprint density at radius 1 is 1.21 bits per heavy atom. The molecule has 4 N–H and O–H groups in total. The molecule has 3 heterocycles. The Morgan fingerprint density at radius 2 is 2.03 bits per heavy atom. The number of halogens is 1. The van der Waals surface area contributed by atoms with E-state index >= 15 is 0 Å². The number of pyridine rings is 1. The third-order valence-corrected chi connectivity index (χ3v) is 7.00. The Hall–Kier alpha value is -3.98. The van der Waals surface area contributed by atoms with Gasteiger partial charge in [0.25, 0.3) is 5.56 Å². The molecular formula is C29H33ClN6O3. The number of H-pyrrole nitrogens is 1. The second-order valence-electron chi connectivity index (χ2n) is 11.0. The van der Waals surface area contributed by atoms with Gasteiger partial charge in [-0.05, 0) is 80.1 Å². The van der Waals surface area contributed by atoms with Gasteiger partial charge in [0.2, 0.25) is 0 Å². The third-order valence-electron chi connectivity index (χ3n) is 6.77. The molecule has 1 saturated heterocycles. The maximum atomic E-state index is 12.6. The van der Waals surface area contributed by atoms with Crippen LogP contribution in [0.25, 0.3) is 22.0 Å². The molecular weight excluding hydrogens is 516 g/mol. The maximum Gasteiger partial charge on any atom is 0.410 e. The minimum atomic E-state index is -0.519. The molecule has 2 aromatic heterocycles. The summed E-state index contributed by atoms with van der Waals surface area (Å²) in [7, 11) is 0. The zero-order valence-corrected chi connectivity index (χ0v) is 23.1. The van der Waals surface area contributed by atoms with Crippen LogP contribution in [0.5, 0.6) is 0 Å². The van der Waals surface area contributed by atoms with Gasteiger partial charge in [0, 0.05) is 42.6 Å². The normalized spacial score (nSPS) is 15.6. The number of aromatic amines is 1. The van der Waals surface area contributed by atoms with Gasteiger partial charge in [-0.15, -0.1) is 0 Å². The van der Waals surface area contributed by atoms with Gasteiger partial charge >= 0.3 is 6.09 Å². The first-order valence-corrected chi connectivity index (χ1v) is 13.4. The SMILES string of the molecule is CC(C)(C)OC(=O)N1CCC(CNc2cc(-c3ccc(=O)n(Cc4cccc(Cl)c4)c3)cc3[nH]nc(N)c23)C1. The summed E-state index contributed by atoms with van der Waals surface area (Å²) in [6.07, 6.45) is 2.45. The summed E-state index contributed by atoms with van der Waals surface area (Å²) in [6, 6.07) is 14.9. The van der Waals surface area contributed by atoms with Crippen LogP contribution in [0.15, 0.2) is 59.5 Å². The molecule has 39 heavy (non-hydrogen) atoms. The van der Waals surface area contributed by atoms with Crippen molar-refractivity contribution in [2.45, 2.75) is 39.3 Å². The number of hydrogen-bond donors (Lipinski definition) is 3. The highest BCUT2D eigenvalue weighted by Crippen LogP contribution is 2.33. The number of rotatable bonds is 6. The van der Waals surface area contributed by atoms with Gasteiger partial charge < -0.3 is 25.3 Å². The molecule has 1 unspecified atom stereocenters. The summed E-state index contributed by atoms with van der Waals surface area (Å²) in [5, 5.41) is 12.2. The topological polar surface area (TPSA) is 118 Å². The number of carbonyl (C=O) groups excluding carboxylic acids is 1. The van der Waals surface area contributed by atoms with E-state index in [0.29, 0.717) is 37.0 Å². The van der Waals surface area contributed by atoms with Crippen molar-refractivity contribution in [2.75, 3.05) is 30.7 Å². The van der Waals surface area contributed by atoms with Gasteiger partial charge in [-0.3, -0.25) is 9.89 Å². The van der Waals surface area contributed by atoms with E-state index in [9.17, 15) is 9.59 Å². The van der Waals surface area contributed by atoms with Crippen LogP contribution in [0.1, 0.15) is 32.8 Å². The summed E-state index contributed by atoms with van der Waals surface area (Å²) in [4.78, 5) is 26.9. The van der Waals surface area contributed by atoms with Crippen LogP contribution in [0, 0.1) is 5.92 Å². The Balaban J connectivity index is 1.37. The molecule has 4 aromatic rings. The van der Waals surface area contributed by atoms with Gasteiger partial charge in [0.1, 0.15) is 5.60 Å². The van der Waals surface area contributed by atoms with Crippen LogP contribution in [-0.4, -0.2) is 51.0 Å². The average molecular weight is 549 g/mol. The third kappa shape index (κ3) is 6.20. The zero-order chi connectivity index (χ0) is 27.7. The van der Waals surface area contributed by atoms with E-state index in [1.165, 1.54) is 0 Å². The maximum absolute atomic E-state index is 12.6. The Labute approximate surface area is 231 Å². The molecule has 5 rings (SSSR count). The summed E-state index contributed by atoms with van der Waals surface area (Å²) in [5.74, 6) is 0.677. The number of nitrogens with one attached hydrogen (secondary N) is 2. The fourth-order valence-electron chi connectivity index (χ4n) is 4.89. The number of aromatic nitrogens is 3. The number of anilines is 2. The predicted octanol–water partition coefficient (Wildman–Crippen LogP) is 5.34. The fraction of sp³-hybridized carbons (Fsp3) is 0.345. The summed E-state index contributed by atoms with van der Waals surface area (Å²) in [5.41, 5.74) is 9.96. The lowest BCUT2D eigenvalue weighted by molar-refractivity contribution is 0.0289. The number of nitrogen functional groups attached to an aromatic ring is 1. The number of amides is 1. The highest BCUT2D eigenvalue weighted by atomic mass is 35.5. The molecule has 9 nitrogen and oxygen atoms in total. The second-order valence-corrected chi connectivity index (χ2v) is 11.5. The summed E-state index contributed by atoms with van der Waals surface area (Å²) in [6.45, 7) is 7.98. The molecule has 10 heteroatoms. The molecule has 0 spiro atoms. The molecule has 1 aliphatic rings. The Morgan fingerprint density at radius 3 is 2.79 bits per heavy atom. The smallest absolute Gasteiger partial charge is 0.410 e. The van der Waals surface area contributed by atoms with Crippen molar-refractivity contribution in [2.24, 2.45) is 5.92 Å². The first-order valence-electron chi connectivity index (χ1n) is 13.0. The first-order chi connectivity index (χ1) is 18.6. The number of nitrogens with two attached hydrogens (primary N) is 1. The van der Waals surface area contributed by atoms with E-state index < -0.39 is 5.60 Å². The van der Waals surface area contributed by atoms with Crippen molar-refractivity contribution < 1.29 is 9.53 Å². The molecule has 2 aromatic carbocycles. The summed E-state index contributed by atoms with van der Waals surface area (Å²) < 4.78 is 7.20. The number of nitrogens with zero attached hydrogens (tertiary/aromatic N) is 3. The van der Waals surface area contributed by atoms with Crippen molar-refractivity contribution >= 4 is 40.1 Å². The van der Waals surface area contributed by atoms with Crippen LogP contribution in [0.3, 0.4) is 0 Å². The largest absolute Gasteiger partial charge is 0.444 e. The molecule has 1 atom stereocenters. The Kier molecular flexibility index (Phi) is 7.27. The molecule has 0 aliphatic carbocycles. The molecule has 1 amide bonds. The van der Waals surface area contributed by atoms with Gasteiger partial charge in [0.05, 0.1) is 17.4 Å². The van der Waals surface area contributed by atoms with Crippen LogP contribution < -0.4 is 16.6 Å².